The van der Waals surface area contributed by atoms with Gasteiger partial charge in [-0.05, 0) is 24.6 Å². The monoisotopic (exact) mass is 380 g/mol. The molecule has 0 spiro atoms. The minimum Gasteiger partial charge on any atom is -0.493 e. The van der Waals surface area contributed by atoms with Gasteiger partial charge >= 0.3 is 5.97 Å². The average Bonchev–Trinajstić information content (AvgIpc) is 2.63. The van der Waals surface area contributed by atoms with Crippen LogP contribution in [0.5, 0.6) is 17.2 Å². The Bertz CT molecular complexity index is 757. The van der Waals surface area contributed by atoms with Crippen LogP contribution in [0.2, 0.25) is 0 Å². The lowest BCUT2D eigenvalue weighted by atomic mass is 10.1. The molecule has 0 saturated heterocycles. The third-order valence-electron chi connectivity index (χ3n) is 3.39. The number of hydrogen-bond donors (Lipinski definition) is 4. The number of benzene rings is 1. The molecule has 10 heteroatoms. The van der Waals surface area contributed by atoms with Gasteiger partial charge in [0.15, 0.2) is 11.5 Å². The summed E-state index contributed by atoms with van der Waals surface area (Å²) in [5.74, 6) is 1.04. The SMILES string of the molecule is CC(O)C(=O)O.COc1cc(Cc2cnc(N)nc2N)cc(OC)c1OC. The van der Waals surface area contributed by atoms with Crippen molar-refractivity contribution in [3.8, 4) is 17.2 Å². The van der Waals surface area contributed by atoms with E-state index < -0.39 is 12.1 Å². The Labute approximate surface area is 156 Å². The smallest absolute Gasteiger partial charge is 0.332 e. The molecular weight excluding hydrogens is 356 g/mol. The van der Waals surface area contributed by atoms with Crippen molar-refractivity contribution in [1.82, 2.24) is 9.97 Å². The Morgan fingerprint density at radius 1 is 1.15 bits per heavy atom. The van der Waals surface area contributed by atoms with E-state index in [-0.39, 0.29) is 5.95 Å². The molecule has 0 saturated carbocycles. The quantitative estimate of drug-likeness (QED) is 0.561. The van der Waals surface area contributed by atoms with Crippen LogP contribution in [0.3, 0.4) is 0 Å². The molecule has 2 rings (SSSR count). The zero-order valence-electron chi connectivity index (χ0n) is 15.6. The maximum atomic E-state index is 9.45. The summed E-state index contributed by atoms with van der Waals surface area (Å²) >= 11 is 0. The van der Waals surface area contributed by atoms with E-state index in [1.54, 1.807) is 27.5 Å². The van der Waals surface area contributed by atoms with Crippen LogP contribution < -0.4 is 25.7 Å². The summed E-state index contributed by atoms with van der Waals surface area (Å²) < 4.78 is 15.9. The molecule has 1 atom stereocenters. The zero-order chi connectivity index (χ0) is 20.6. The molecular formula is C17H24N4O6. The van der Waals surface area contributed by atoms with E-state index in [9.17, 15) is 4.79 Å². The van der Waals surface area contributed by atoms with Crippen molar-refractivity contribution in [3.63, 3.8) is 0 Å². The molecule has 2 aromatic rings. The second-order valence-electron chi connectivity index (χ2n) is 5.36. The van der Waals surface area contributed by atoms with E-state index in [0.717, 1.165) is 11.1 Å². The van der Waals surface area contributed by atoms with Crippen LogP contribution in [0.1, 0.15) is 18.1 Å². The number of nitrogens with zero attached hydrogens (tertiary/aromatic N) is 2. The van der Waals surface area contributed by atoms with Crippen LogP contribution >= 0.6 is 0 Å². The van der Waals surface area contributed by atoms with E-state index >= 15 is 0 Å². The van der Waals surface area contributed by atoms with E-state index in [2.05, 4.69) is 9.97 Å². The van der Waals surface area contributed by atoms with Gasteiger partial charge in [-0.2, -0.15) is 4.98 Å². The molecule has 1 aromatic heterocycles. The molecule has 0 radical (unpaired) electrons. The number of aromatic nitrogens is 2. The van der Waals surface area contributed by atoms with Gasteiger partial charge in [-0.15, -0.1) is 0 Å². The summed E-state index contributed by atoms with van der Waals surface area (Å²) in [5.41, 5.74) is 13.1. The lowest BCUT2D eigenvalue weighted by Gasteiger charge is -2.14. The first-order valence-electron chi connectivity index (χ1n) is 7.80. The molecule has 0 bridgehead atoms. The number of rotatable bonds is 6. The first-order valence-corrected chi connectivity index (χ1v) is 7.80. The third-order valence-corrected chi connectivity index (χ3v) is 3.39. The largest absolute Gasteiger partial charge is 0.493 e. The molecule has 10 nitrogen and oxygen atoms in total. The second kappa shape index (κ2) is 10.0. The van der Waals surface area contributed by atoms with Gasteiger partial charge in [-0.25, -0.2) is 9.78 Å². The number of anilines is 2. The van der Waals surface area contributed by atoms with E-state index in [4.69, 9.17) is 35.9 Å². The molecule has 148 valence electrons. The topological polar surface area (TPSA) is 163 Å². The van der Waals surface area contributed by atoms with E-state index in [1.165, 1.54) is 6.92 Å². The van der Waals surface area contributed by atoms with Crippen LogP contribution in [-0.4, -0.2) is 53.6 Å². The van der Waals surface area contributed by atoms with Crippen molar-refractivity contribution in [2.24, 2.45) is 0 Å². The second-order valence-corrected chi connectivity index (χ2v) is 5.36. The molecule has 0 amide bonds. The maximum Gasteiger partial charge on any atom is 0.332 e. The number of carbonyl (C=O) groups is 1. The fourth-order valence-corrected chi connectivity index (χ4v) is 2.03. The number of nitrogens with two attached hydrogens (primary N) is 2. The minimum atomic E-state index is -1.23. The van der Waals surface area contributed by atoms with Gasteiger partial charge in [0.1, 0.15) is 11.9 Å². The normalized spacial score (nSPS) is 11.0. The highest BCUT2D eigenvalue weighted by Gasteiger charge is 2.14. The van der Waals surface area contributed by atoms with Crippen LogP contribution in [0, 0.1) is 0 Å². The number of methoxy groups -OCH3 is 3. The summed E-state index contributed by atoms with van der Waals surface area (Å²) in [5, 5.41) is 15.8. The van der Waals surface area contributed by atoms with Gasteiger partial charge in [0, 0.05) is 18.2 Å². The number of ether oxygens (including phenoxy) is 3. The van der Waals surface area contributed by atoms with Gasteiger partial charge in [0.25, 0.3) is 0 Å². The van der Waals surface area contributed by atoms with Crippen LogP contribution in [0.15, 0.2) is 18.3 Å². The molecule has 1 heterocycles. The summed E-state index contributed by atoms with van der Waals surface area (Å²) in [4.78, 5) is 17.3. The minimum absolute atomic E-state index is 0.154. The maximum absolute atomic E-state index is 9.45. The van der Waals surface area contributed by atoms with Gasteiger partial charge in [-0.3, -0.25) is 0 Å². The number of nitrogen functional groups attached to an aromatic ring is 2. The van der Waals surface area contributed by atoms with Crippen molar-refractivity contribution in [1.29, 1.82) is 0 Å². The first-order chi connectivity index (χ1) is 12.7. The number of aliphatic hydroxyl groups is 1. The molecule has 6 N–H and O–H groups in total. The predicted octanol–water partition coefficient (Wildman–Crippen LogP) is 0.709. The van der Waals surface area contributed by atoms with Crippen molar-refractivity contribution in [2.45, 2.75) is 19.4 Å². The fraction of sp³-hybridized carbons (Fsp3) is 0.353. The van der Waals surface area contributed by atoms with Gasteiger partial charge in [0.05, 0.1) is 21.3 Å². The number of carboxylic acid groups (broad SMARTS) is 1. The molecule has 0 aliphatic rings. The Hall–Kier alpha value is -3.27. The van der Waals surface area contributed by atoms with Crippen molar-refractivity contribution in [3.05, 3.63) is 29.5 Å². The molecule has 0 fully saturated rings. The molecule has 1 aromatic carbocycles. The zero-order valence-corrected chi connectivity index (χ0v) is 15.6. The summed E-state index contributed by atoms with van der Waals surface area (Å²) in [6.07, 6.45) is 0.911. The standard InChI is InChI=1S/C14H18N4O3.C3H6O3/c1-19-10-5-8(6-11(20-2)12(10)21-3)4-9-7-17-14(16)18-13(9)15;1-2(4)3(5)6/h5-7H,4H2,1-3H3,(H4,15,16,17,18);2,4H,1H3,(H,5,6). The number of aliphatic hydroxyl groups excluding tert-OH is 1. The molecule has 0 aliphatic carbocycles. The highest BCUT2D eigenvalue weighted by molar-refractivity contribution is 5.71. The Morgan fingerprint density at radius 3 is 2.04 bits per heavy atom. The highest BCUT2D eigenvalue weighted by Crippen LogP contribution is 2.38. The predicted molar refractivity (Wildman–Crippen MR) is 99.1 cm³/mol. The fourth-order valence-electron chi connectivity index (χ4n) is 2.03. The van der Waals surface area contributed by atoms with Gasteiger partial charge in [-0.1, -0.05) is 0 Å². The lowest BCUT2D eigenvalue weighted by molar-refractivity contribution is -0.145. The van der Waals surface area contributed by atoms with E-state index in [0.29, 0.717) is 29.5 Å². The van der Waals surface area contributed by atoms with Gasteiger partial charge in [0.2, 0.25) is 11.7 Å². The number of carboxylic acids is 1. The summed E-state index contributed by atoms with van der Waals surface area (Å²) in [7, 11) is 4.70. The molecule has 1 unspecified atom stereocenters. The van der Waals surface area contributed by atoms with Gasteiger partial charge < -0.3 is 35.9 Å². The van der Waals surface area contributed by atoms with Crippen molar-refractivity contribution >= 4 is 17.7 Å². The van der Waals surface area contributed by atoms with Crippen LogP contribution in [-0.2, 0) is 11.2 Å². The first kappa shape index (κ1) is 21.8. The van der Waals surface area contributed by atoms with Crippen molar-refractivity contribution in [2.75, 3.05) is 32.8 Å². The Morgan fingerprint density at radius 2 is 1.67 bits per heavy atom. The van der Waals surface area contributed by atoms with Crippen molar-refractivity contribution < 1.29 is 29.2 Å². The average molecular weight is 380 g/mol. The summed E-state index contributed by atoms with van der Waals surface area (Å²) in [6, 6.07) is 3.72. The lowest BCUT2D eigenvalue weighted by Crippen LogP contribution is -2.13. The Kier molecular flexibility index (Phi) is 8.08. The molecule has 0 aliphatic heterocycles. The van der Waals surface area contributed by atoms with Crippen LogP contribution in [0.4, 0.5) is 11.8 Å². The highest BCUT2D eigenvalue weighted by atomic mass is 16.5. The molecule has 27 heavy (non-hydrogen) atoms. The Balaban J connectivity index is 0.000000527. The number of aliphatic carboxylic acids is 1. The van der Waals surface area contributed by atoms with E-state index in [1.807, 2.05) is 12.1 Å². The van der Waals surface area contributed by atoms with Crippen LogP contribution in [0.25, 0.3) is 0 Å². The number of hydrogen-bond acceptors (Lipinski definition) is 9. The third kappa shape index (κ3) is 6.19. The summed E-state index contributed by atoms with van der Waals surface area (Å²) in [6.45, 7) is 1.20.